The van der Waals surface area contributed by atoms with Crippen molar-refractivity contribution in [2.75, 3.05) is 13.2 Å². The molecule has 1 aromatic carbocycles. The minimum absolute atomic E-state index is 0.308. The monoisotopic (exact) mass is 235 g/mol. The highest BCUT2D eigenvalue weighted by Crippen LogP contribution is 2.19. The first kappa shape index (κ1) is 13.6. The number of hydrogen-bond donors (Lipinski definition) is 2. The Morgan fingerprint density at radius 3 is 2.71 bits per heavy atom. The van der Waals surface area contributed by atoms with Gasteiger partial charge in [-0.2, -0.15) is 0 Å². The fourth-order valence-electron chi connectivity index (χ4n) is 1.72. The average molecular weight is 235 g/mol. The summed E-state index contributed by atoms with van der Waals surface area (Å²) in [6.07, 6.45) is 3.45. The highest BCUT2D eigenvalue weighted by atomic mass is 16.5. The molecule has 0 bridgehead atoms. The van der Waals surface area contributed by atoms with Crippen molar-refractivity contribution < 1.29 is 9.84 Å². The fraction of sp³-hybridized carbons (Fsp3) is 0.429. The molecule has 3 heteroatoms. The first-order valence-electron chi connectivity index (χ1n) is 6.02. The Balaban J connectivity index is 2.37. The highest BCUT2D eigenvalue weighted by Gasteiger charge is 2.07. The average Bonchev–Trinajstić information content (AvgIpc) is 2.35. The van der Waals surface area contributed by atoms with Gasteiger partial charge >= 0.3 is 0 Å². The van der Waals surface area contributed by atoms with E-state index in [0.717, 1.165) is 19.4 Å². The number of benzene rings is 1. The molecule has 0 radical (unpaired) electrons. The molecule has 17 heavy (non-hydrogen) atoms. The highest BCUT2D eigenvalue weighted by molar-refractivity contribution is 5.27. The molecule has 1 rings (SSSR count). The van der Waals surface area contributed by atoms with Crippen LogP contribution >= 0.6 is 0 Å². The molecule has 1 aromatic rings. The Morgan fingerprint density at radius 2 is 2.12 bits per heavy atom. The maximum Gasteiger partial charge on any atom is 0.115 e. The lowest BCUT2D eigenvalue weighted by Crippen LogP contribution is -2.22. The second-order valence-corrected chi connectivity index (χ2v) is 3.90. The number of hydrogen-bond acceptors (Lipinski definition) is 3. The molecule has 0 heterocycles. The first-order chi connectivity index (χ1) is 8.27. The van der Waals surface area contributed by atoms with Gasteiger partial charge in [-0.25, -0.2) is 0 Å². The number of phenolic OH excluding ortho intramolecular Hbond substituents is 1. The summed E-state index contributed by atoms with van der Waals surface area (Å²) >= 11 is 0. The lowest BCUT2D eigenvalue weighted by atomic mass is 10.0. The summed E-state index contributed by atoms with van der Waals surface area (Å²) in [5.74, 6) is 0.308. The molecule has 94 valence electrons. The summed E-state index contributed by atoms with van der Waals surface area (Å²) in [4.78, 5) is 0. The van der Waals surface area contributed by atoms with E-state index >= 15 is 0 Å². The number of phenols is 1. The predicted octanol–water partition coefficient (Wildman–Crippen LogP) is 2.98. The molecule has 2 N–H and O–H groups in total. The molecule has 0 aromatic heterocycles. The van der Waals surface area contributed by atoms with Crippen LogP contribution in [-0.2, 0) is 4.74 Å². The number of nitrogens with one attached hydrogen (secondary N) is 1. The molecule has 0 spiro atoms. The van der Waals surface area contributed by atoms with Crippen LogP contribution in [-0.4, -0.2) is 18.3 Å². The van der Waals surface area contributed by atoms with E-state index in [9.17, 15) is 5.11 Å². The zero-order chi connectivity index (χ0) is 12.5. The van der Waals surface area contributed by atoms with Crippen LogP contribution in [0.4, 0.5) is 0 Å². The van der Waals surface area contributed by atoms with Gasteiger partial charge in [-0.1, -0.05) is 25.6 Å². The second kappa shape index (κ2) is 7.74. The molecule has 0 amide bonds. The molecule has 0 fully saturated rings. The fourth-order valence-corrected chi connectivity index (χ4v) is 1.72. The summed E-state index contributed by atoms with van der Waals surface area (Å²) in [5, 5.41) is 12.7. The van der Waals surface area contributed by atoms with Crippen molar-refractivity contribution in [3.05, 3.63) is 42.7 Å². The van der Waals surface area contributed by atoms with E-state index in [1.54, 1.807) is 12.1 Å². The van der Waals surface area contributed by atoms with Crippen LogP contribution in [0.3, 0.4) is 0 Å². The van der Waals surface area contributed by atoms with Gasteiger partial charge in [0.2, 0.25) is 0 Å². The molecule has 0 saturated carbocycles. The second-order valence-electron chi connectivity index (χ2n) is 3.90. The molecule has 3 nitrogen and oxygen atoms in total. The van der Waals surface area contributed by atoms with Crippen molar-refractivity contribution in [3.8, 4) is 5.75 Å². The molecule has 0 aliphatic carbocycles. The molecule has 1 atom stereocenters. The summed E-state index contributed by atoms with van der Waals surface area (Å²) in [7, 11) is 0. The summed E-state index contributed by atoms with van der Waals surface area (Å²) in [6.45, 7) is 7.25. The Bertz CT molecular complexity index is 321. The van der Waals surface area contributed by atoms with Crippen molar-refractivity contribution >= 4 is 0 Å². The maximum absolute atomic E-state index is 9.24. The lowest BCUT2D eigenvalue weighted by Gasteiger charge is -2.17. The first-order valence-corrected chi connectivity index (χ1v) is 6.02. The third kappa shape index (κ3) is 4.91. The Hall–Kier alpha value is -1.48. The van der Waals surface area contributed by atoms with Crippen molar-refractivity contribution in [1.29, 1.82) is 0 Å². The van der Waals surface area contributed by atoms with Crippen LogP contribution in [0.2, 0.25) is 0 Å². The summed E-state index contributed by atoms with van der Waals surface area (Å²) in [6, 6.07) is 7.69. The minimum atomic E-state index is 0.308. The van der Waals surface area contributed by atoms with Crippen LogP contribution in [0.25, 0.3) is 0 Å². The van der Waals surface area contributed by atoms with E-state index in [4.69, 9.17) is 4.74 Å². The zero-order valence-corrected chi connectivity index (χ0v) is 10.4. The lowest BCUT2D eigenvalue weighted by molar-refractivity contribution is 0.242. The standard InChI is InChI=1S/C14H21NO2/c1-3-14(15-10-5-11-17-4-2)12-6-8-13(16)9-7-12/h4,6-9,14-16H,2-3,5,10-11H2,1H3. The quantitative estimate of drug-likeness (QED) is 0.537. The Labute approximate surface area is 103 Å². The number of aromatic hydroxyl groups is 1. The van der Waals surface area contributed by atoms with E-state index in [1.165, 1.54) is 11.8 Å². The largest absolute Gasteiger partial charge is 0.508 e. The topological polar surface area (TPSA) is 41.5 Å². The van der Waals surface area contributed by atoms with E-state index in [-0.39, 0.29) is 0 Å². The van der Waals surface area contributed by atoms with E-state index in [0.29, 0.717) is 18.4 Å². The summed E-state index contributed by atoms with van der Waals surface area (Å²) < 4.78 is 5.06. The van der Waals surface area contributed by atoms with E-state index in [2.05, 4.69) is 18.8 Å². The van der Waals surface area contributed by atoms with Crippen molar-refractivity contribution in [3.63, 3.8) is 0 Å². The van der Waals surface area contributed by atoms with E-state index in [1.807, 2.05) is 12.1 Å². The molecule has 0 saturated heterocycles. The number of rotatable bonds is 8. The van der Waals surface area contributed by atoms with Gasteiger partial charge in [0.1, 0.15) is 5.75 Å². The Morgan fingerprint density at radius 1 is 1.41 bits per heavy atom. The van der Waals surface area contributed by atoms with Gasteiger partial charge in [0.15, 0.2) is 0 Å². The van der Waals surface area contributed by atoms with Gasteiger partial charge in [0, 0.05) is 6.04 Å². The number of ether oxygens (including phenoxy) is 1. The smallest absolute Gasteiger partial charge is 0.115 e. The van der Waals surface area contributed by atoms with Gasteiger partial charge < -0.3 is 15.2 Å². The minimum Gasteiger partial charge on any atom is -0.508 e. The van der Waals surface area contributed by atoms with Gasteiger partial charge in [-0.15, -0.1) is 0 Å². The maximum atomic E-state index is 9.24. The normalized spacial score (nSPS) is 12.1. The molecule has 0 aliphatic heterocycles. The SMILES string of the molecule is C=COCCCNC(CC)c1ccc(O)cc1. The molecule has 1 unspecified atom stereocenters. The van der Waals surface area contributed by atoms with Crippen LogP contribution < -0.4 is 5.32 Å². The van der Waals surface area contributed by atoms with Crippen molar-refractivity contribution in [1.82, 2.24) is 5.32 Å². The van der Waals surface area contributed by atoms with Crippen LogP contribution in [0.5, 0.6) is 5.75 Å². The third-order valence-electron chi connectivity index (χ3n) is 2.65. The summed E-state index contributed by atoms with van der Waals surface area (Å²) in [5.41, 5.74) is 1.20. The molecular formula is C14H21NO2. The third-order valence-corrected chi connectivity index (χ3v) is 2.65. The van der Waals surface area contributed by atoms with Gasteiger partial charge in [0.25, 0.3) is 0 Å². The van der Waals surface area contributed by atoms with Gasteiger partial charge in [-0.05, 0) is 37.1 Å². The van der Waals surface area contributed by atoms with Crippen LogP contribution in [0, 0.1) is 0 Å². The van der Waals surface area contributed by atoms with Gasteiger partial charge in [0.05, 0.1) is 12.9 Å². The van der Waals surface area contributed by atoms with Gasteiger partial charge in [-0.3, -0.25) is 0 Å². The van der Waals surface area contributed by atoms with Crippen molar-refractivity contribution in [2.45, 2.75) is 25.8 Å². The van der Waals surface area contributed by atoms with Crippen molar-refractivity contribution in [2.24, 2.45) is 0 Å². The van der Waals surface area contributed by atoms with Crippen LogP contribution in [0.15, 0.2) is 37.1 Å². The predicted molar refractivity (Wildman–Crippen MR) is 69.9 cm³/mol. The Kier molecular flexibility index (Phi) is 6.18. The molecular weight excluding hydrogens is 214 g/mol. The molecule has 0 aliphatic rings. The zero-order valence-electron chi connectivity index (χ0n) is 10.4. The van der Waals surface area contributed by atoms with Crippen LogP contribution in [0.1, 0.15) is 31.4 Å². The van der Waals surface area contributed by atoms with E-state index < -0.39 is 0 Å².